The highest BCUT2D eigenvalue weighted by Gasteiger charge is 2.22. The molecule has 0 saturated heterocycles. The molecule has 0 atom stereocenters. The topological polar surface area (TPSA) is 51.5 Å². The van der Waals surface area contributed by atoms with Crippen molar-refractivity contribution in [1.29, 1.82) is 0 Å². The van der Waals surface area contributed by atoms with Gasteiger partial charge in [-0.1, -0.05) is 42.0 Å². The molecule has 0 aliphatic carbocycles. The quantitative estimate of drug-likeness (QED) is 0.348. The Morgan fingerprint density at radius 3 is 2.55 bits per heavy atom. The Bertz CT molecular complexity index is 1180. The number of carbonyl (C=O) groups excluding carboxylic acids is 1. The largest absolute Gasteiger partial charge is 0.496 e. The summed E-state index contributed by atoms with van der Waals surface area (Å²) in [6.45, 7) is 2.65. The minimum Gasteiger partial charge on any atom is -0.496 e. The summed E-state index contributed by atoms with van der Waals surface area (Å²) in [5.74, 6) is 0.787. The van der Waals surface area contributed by atoms with Gasteiger partial charge in [-0.3, -0.25) is 4.79 Å². The van der Waals surface area contributed by atoms with Crippen molar-refractivity contribution >= 4 is 38.4 Å². The zero-order valence-electron chi connectivity index (χ0n) is 16.2. The van der Waals surface area contributed by atoms with Crippen LogP contribution in [0.2, 0.25) is 0 Å². The van der Waals surface area contributed by atoms with Crippen molar-refractivity contribution in [3.05, 3.63) is 93.7 Å². The maximum absolute atomic E-state index is 13.2. The van der Waals surface area contributed by atoms with Gasteiger partial charge in [0.05, 0.1) is 17.3 Å². The lowest BCUT2D eigenvalue weighted by Crippen LogP contribution is -2.06. The first-order chi connectivity index (χ1) is 14.1. The van der Waals surface area contributed by atoms with Crippen molar-refractivity contribution < 1.29 is 13.9 Å². The van der Waals surface area contributed by atoms with E-state index in [0.29, 0.717) is 34.9 Å². The van der Waals surface area contributed by atoms with E-state index in [1.54, 1.807) is 25.3 Å². The Morgan fingerprint density at radius 1 is 1.07 bits per heavy atom. The van der Waals surface area contributed by atoms with Crippen LogP contribution in [0.15, 0.2) is 75.6 Å². The number of fused-ring (bicyclic) bond motifs is 1. The lowest BCUT2D eigenvalue weighted by atomic mass is 10.1. The summed E-state index contributed by atoms with van der Waals surface area (Å²) in [7, 11) is 1.59. The normalized spacial score (nSPS) is 10.9. The van der Waals surface area contributed by atoms with E-state index < -0.39 is 0 Å². The number of furan rings is 1. The summed E-state index contributed by atoms with van der Waals surface area (Å²) in [4.78, 5) is 13.2. The molecule has 0 aliphatic heterocycles. The van der Waals surface area contributed by atoms with Crippen LogP contribution >= 0.6 is 15.9 Å². The van der Waals surface area contributed by atoms with E-state index in [2.05, 4.69) is 52.4 Å². The summed E-state index contributed by atoms with van der Waals surface area (Å²) < 4.78 is 11.9. The second-order valence-corrected chi connectivity index (χ2v) is 7.67. The Morgan fingerprint density at radius 2 is 1.83 bits per heavy atom. The number of nitrogens with one attached hydrogen (secondary N) is 1. The van der Waals surface area contributed by atoms with Crippen LogP contribution in [0.25, 0.3) is 11.0 Å². The van der Waals surface area contributed by atoms with Crippen LogP contribution in [-0.2, 0) is 6.54 Å². The monoisotopic (exact) mass is 449 g/mol. The first-order valence-electron chi connectivity index (χ1n) is 9.26. The van der Waals surface area contributed by atoms with Gasteiger partial charge in [-0.2, -0.15) is 0 Å². The van der Waals surface area contributed by atoms with E-state index in [4.69, 9.17) is 9.15 Å². The minimum absolute atomic E-state index is 0.184. The molecule has 146 valence electrons. The summed E-state index contributed by atoms with van der Waals surface area (Å²) in [6, 6.07) is 21.2. The van der Waals surface area contributed by atoms with Crippen LogP contribution in [0.3, 0.4) is 0 Å². The number of hydrogen-bond acceptors (Lipinski definition) is 4. The van der Waals surface area contributed by atoms with Crippen molar-refractivity contribution in [2.75, 3.05) is 12.4 Å². The van der Waals surface area contributed by atoms with Gasteiger partial charge in [-0.25, -0.2) is 0 Å². The van der Waals surface area contributed by atoms with Crippen LogP contribution in [0, 0.1) is 6.92 Å². The number of benzene rings is 3. The Kier molecular flexibility index (Phi) is 5.41. The van der Waals surface area contributed by atoms with E-state index >= 15 is 0 Å². The van der Waals surface area contributed by atoms with E-state index in [0.717, 1.165) is 15.4 Å². The van der Waals surface area contributed by atoms with E-state index in [9.17, 15) is 4.79 Å². The molecule has 0 spiro atoms. The lowest BCUT2D eigenvalue weighted by molar-refractivity contribution is 0.101. The van der Waals surface area contributed by atoms with Crippen LogP contribution in [0.1, 0.15) is 27.2 Å². The second kappa shape index (κ2) is 8.13. The third-order valence-electron chi connectivity index (χ3n) is 4.81. The van der Waals surface area contributed by atoms with E-state index in [-0.39, 0.29) is 5.78 Å². The minimum atomic E-state index is -0.184. The number of rotatable bonds is 6. The van der Waals surface area contributed by atoms with E-state index in [1.165, 1.54) is 5.56 Å². The third-order valence-corrected chi connectivity index (χ3v) is 5.43. The number of ketones is 1. The molecule has 4 rings (SSSR count). The van der Waals surface area contributed by atoms with Gasteiger partial charge in [0.15, 0.2) is 5.76 Å². The molecular formula is C24H20BrNO3. The molecule has 0 saturated carbocycles. The van der Waals surface area contributed by atoms with Gasteiger partial charge in [-0.05, 0) is 58.7 Å². The fourth-order valence-corrected chi connectivity index (χ4v) is 3.76. The van der Waals surface area contributed by atoms with Crippen LogP contribution < -0.4 is 10.1 Å². The van der Waals surface area contributed by atoms with E-state index in [1.807, 2.05) is 24.3 Å². The van der Waals surface area contributed by atoms with Crippen molar-refractivity contribution in [2.24, 2.45) is 0 Å². The molecule has 1 aromatic heterocycles. The van der Waals surface area contributed by atoms with Crippen molar-refractivity contribution in [3.63, 3.8) is 0 Å². The third kappa shape index (κ3) is 3.91. The van der Waals surface area contributed by atoms with Crippen molar-refractivity contribution in [1.82, 2.24) is 0 Å². The summed E-state index contributed by atoms with van der Waals surface area (Å²) in [5.41, 5.74) is 4.25. The molecule has 0 radical (unpaired) electrons. The molecule has 5 heteroatoms. The number of ether oxygens (including phenoxy) is 1. The maximum Gasteiger partial charge on any atom is 0.230 e. The van der Waals surface area contributed by atoms with Gasteiger partial charge in [0, 0.05) is 17.5 Å². The fourth-order valence-electron chi connectivity index (χ4n) is 3.22. The number of methoxy groups -OCH3 is 1. The highest BCUT2D eigenvalue weighted by Crippen LogP contribution is 2.34. The van der Waals surface area contributed by atoms with Crippen molar-refractivity contribution in [3.8, 4) is 5.75 Å². The molecule has 3 aromatic carbocycles. The molecule has 0 unspecified atom stereocenters. The van der Waals surface area contributed by atoms with Gasteiger partial charge in [0.2, 0.25) is 5.78 Å². The summed E-state index contributed by atoms with van der Waals surface area (Å²) in [5, 5.41) is 4.29. The molecule has 1 N–H and O–H groups in total. The second-order valence-electron chi connectivity index (χ2n) is 6.82. The highest BCUT2D eigenvalue weighted by molar-refractivity contribution is 9.10. The summed E-state index contributed by atoms with van der Waals surface area (Å²) >= 11 is 3.45. The van der Waals surface area contributed by atoms with Crippen LogP contribution in [0.4, 0.5) is 5.69 Å². The van der Waals surface area contributed by atoms with Crippen molar-refractivity contribution in [2.45, 2.75) is 13.5 Å². The molecule has 29 heavy (non-hydrogen) atoms. The number of anilines is 1. The van der Waals surface area contributed by atoms with Gasteiger partial charge >= 0.3 is 0 Å². The Balaban J connectivity index is 1.71. The molecule has 1 heterocycles. The number of halogens is 1. The predicted molar refractivity (Wildman–Crippen MR) is 119 cm³/mol. The maximum atomic E-state index is 13.2. The molecule has 4 aromatic rings. The first-order valence-corrected chi connectivity index (χ1v) is 10.1. The van der Waals surface area contributed by atoms with Crippen LogP contribution in [0.5, 0.6) is 5.75 Å². The summed E-state index contributed by atoms with van der Waals surface area (Å²) in [6.07, 6.45) is 0. The number of hydrogen-bond donors (Lipinski definition) is 1. The number of carbonyl (C=O) groups is 1. The SMILES string of the molecule is COc1ccc(C(=O)c2oc3ccccc3c2NCc2ccc(C)cc2)cc1Br. The number of para-hydroxylation sites is 1. The van der Waals surface area contributed by atoms with Gasteiger partial charge in [0.1, 0.15) is 11.3 Å². The Hall–Kier alpha value is -3.05. The highest BCUT2D eigenvalue weighted by atomic mass is 79.9. The fraction of sp³-hybridized carbons (Fsp3) is 0.125. The van der Waals surface area contributed by atoms with Gasteiger partial charge < -0.3 is 14.5 Å². The zero-order chi connectivity index (χ0) is 20.4. The van der Waals surface area contributed by atoms with Gasteiger partial charge in [-0.15, -0.1) is 0 Å². The van der Waals surface area contributed by atoms with Crippen LogP contribution in [-0.4, -0.2) is 12.9 Å². The first kappa shape index (κ1) is 19.3. The molecule has 4 nitrogen and oxygen atoms in total. The predicted octanol–water partition coefficient (Wildman–Crippen LogP) is 6.36. The smallest absolute Gasteiger partial charge is 0.230 e. The van der Waals surface area contributed by atoms with Gasteiger partial charge in [0.25, 0.3) is 0 Å². The number of aryl methyl sites for hydroxylation is 1. The molecule has 0 amide bonds. The molecule has 0 bridgehead atoms. The average Bonchev–Trinajstić information content (AvgIpc) is 3.11. The molecule has 0 aliphatic rings. The molecule has 0 fully saturated rings. The Labute approximate surface area is 177 Å². The standard InChI is InChI=1S/C24H20BrNO3/c1-15-7-9-16(10-8-15)14-26-22-18-5-3-4-6-20(18)29-24(22)23(27)17-11-12-21(28-2)19(25)13-17/h3-13,26H,14H2,1-2H3. The lowest BCUT2D eigenvalue weighted by Gasteiger charge is -2.09. The zero-order valence-corrected chi connectivity index (χ0v) is 17.7. The average molecular weight is 450 g/mol. The molecular weight excluding hydrogens is 430 g/mol.